The second-order valence-electron chi connectivity index (χ2n) is 5.16. The lowest BCUT2D eigenvalue weighted by molar-refractivity contribution is 0.188. The molecule has 0 aromatic rings. The van der Waals surface area contributed by atoms with Crippen LogP contribution in [0.2, 0.25) is 0 Å². The van der Waals surface area contributed by atoms with Crippen LogP contribution in [0.1, 0.15) is 26.2 Å². The highest BCUT2D eigenvalue weighted by atomic mass is 15.2. The molecule has 3 nitrogen and oxygen atoms in total. The molecule has 2 N–H and O–H groups in total. The lowest BCUT2D eigenvalue weighted by Crippen LogP contribution is -2.49. The van der Waals surface area contributed by atoms with Crippen LogP contribution in [0, 0.1) is 5.92 Å². The summed E-state index contributed by atoms with van der Waals surface area (Å²) in [6.45, 7) is 9.73. The van der Waals surface area contributed by atoms with Crippen LogP contribution in [0.4, 0.5) is 0 Å². The summed E-state index contributed by atoms with van der Waals surface area (Å²) in [4.78, 5) is 2.62. The Bertz CT molecular complexity index is 178. The summed E-state index contributed by atoms with van der Waals surface area (Å²) in [6, 6.07) is 0.684. The van der Waals surface area contributed by atoms with E-state index in [1.165, 1.54) is 58.5 Å². The fourth-order valence-corrected chi connectivity index (χ4v) is 2.75. The number of hydrogen-bond acceptors (Lipinski definition) is 3. The summed E-state index contributed by atoms with van der Waals surface area (Å²) in [5.74, 6) is 0.934. The second kappa shape index (κ2) is 5.83. The van der Waals surface area contributed by atoms with Crippen LogP contribution in [0.15, 0.2) is 0 Å². The average Bonchev–Trinajstić information content (AvgIpc) is 2.28. The Hall–Kier alpha value is -0.120. The van der Waals surface area contributed by atoms with Crippen LogP contribution in [-0.4, -0.2) is 50.2 Å². The third-order valence-corrected chi connectivity index (χ3v) is 3.71. The summed E-state index contributed by atoms with van der Waals surface area (Å²) < 4.78 is 0. The maximum atomic E-state index is 3.50. The van der Waals surface area contributed by atoms with Crippen LogP contribution in [0.3, 0.4) is 0 Å². The van der Waals surface area contributed by atoms with Crippen LogP contribution in [0.25, 0.3) is 0 Å². The molecule has 2 aliphatic rings. The van der Waals surface area contributed by atoms with Crippen molar-refractivity contribution in [2.24, 2.45) is 5.92 Å². The van der Waals surface area contributed by atoms with Crippen LogP contribution < -0.4 is 10.6 Å². The molecule has 2 heterocycles. The number of nitrogens with one attached hydrogen (secondary N) is 2. The normalized spacial score (nSPS) is 34.2. The van der Waals surface area contributed by atoms with Crippen molar-refractivity contribution in [2.45, 2.75) is 32.2 Å². The SMILES string of the molecule is CC1CN(CCC2CCCNC2)CCN1. The molecular weight excluding hydrogens is 186 g/mol. The van der Waals surface area contributed by atoms with Gasteiger partial charge in [0.1, 0.15) is 0 Å². The minimum Gasteiger partial charge on any atom is -0.316 e. The van der Waals surface area contributed by atoms with E-state index in [1.54, 1.807) is 0 Å². The van der Waals surface area contributed by atoms with Gasteiger partial charge >= 0.3 is 0 Å². The van der Waals surface area contributed by atoms with E-state index >= 15 is 0 Å². The number of piperidine rings is 1. The van der Waals surface area contributed by atoms with Crippen molar-refractivity contribution in [3.63, 3.8) is 0 Å². The first-order valence-corrected chi connectivity index (χ1v) is 6.51. The summed E-state index contributed by atoms with van der Waals surface area (Å²) in [5, 5.41) is 7.00. The van der Waals surface area contributed by atoms with Gasteiger partial charge in [0, 0.05) is 25.7 Å². The zero-order valence-corrected chi connectivity index (χ0v) is 9.97. The second-order valence-corrected chi connectivity index (χ2v) is 5.16. The molecule has 0 aromatic carbocycles. The zero-order chi connectivity index (χ0) is 10.5. The first-order chi connectivity index (χ1) is 7.34. The fraction of sp³-hybridized carbons (Fsp3) is 1.00. The third-order valence-electron chi connectivity index (χ3n) is 3.71. The van der Waals surface area contributed by atoms with Crippen molar-refractivity contribution >= 4 is 0 Å². The highest BCUT2D eigenvalue weighted by Crippen LogP contribution is 2.14. The summed E-state index contributed by atoms with van der Waals surface area (Å²) in [6.07, 6.45) is 4.21. The number of nitrogens with zero attached hydrogens (tertiary/aromatic N) is 1. The highest BCUT2D eigenvalue weighted by molar-refractivity contribution is 4.77. The van der Waals surface area contributed by atoms with Crippen molar-refractivity contribution in [3.05, 3.63) is 0 Å². The van der Waals surface area contributed by atoms with E-state index in [2.05, 4.69) is 22.5 Å². The van der Waals surface area contributed by atoms with Gasteiger partial charge in [-0.1, -0.05) is 0 Å². The molecule has 0 bridgehead atoms. The molecule has 0 radical (unpaired) electrons. The largest absolute Gasteiger partial charge is 0.316 e. The lowest BCUT2D eigenvalue weighted by atomic mass is 9.96. The van der Waals surface area contributed by atoms with Crippen molar-refractivity contribution < 1.29 is 0 Å². The molecule has 3 heteroatoms. The van der Waals surface area contributed by atoms with Gasteiger partial charge in [0.2, 0.25) is 0 Å². The van der Waals surface area contributed by atoms with Crippen LogP contribution in [0.5, 0.6) is 0 Å². The molecule has 0 saturated carbocycles. The maximum Gasteiger partial charge on any atom is 0.0167 e. The Morgan fingerprint density at radius 2 is 2.27 bits per heavy atom. The molecular formula is C12H25N3. The molecule has 2 rings (SSSR count). The standard InChI is InChI=1S/C12H25N3/c1-11-10-15(8-6-14-11)7-4-12-3-2-5-13-9-12/h11-14H,2-10H2,1H3. The fourth-order valence-electron chi connectivity index (χ4n) is 2.75. The van der Waals surface area contributed by atoms with E-state index in [-0.39, 0.29) is 0 Å². The predicted octanol–water partition coefficient (Wildman–Crippen LogP) is 0.670. The van der Waals surface area contributed by atoms with Gasteiger partial charge in [0.15, 0.2) is 0 Å². The van der Waals surface area contributed by atoms with Crippen molar-refractivity contribution in [1.82, 2.24) is 15.5 Å². The van der Waals surface area contributed by atoms with Crippen molar-refractivity contribution in [2.75, 3.05) is 39.3 Å². The van der Waals surface area contributed by atoms with Gasteiger partial charge in [-0.05, 0) is 51.7 Å². The molecule has 15 heavy (non-hydrogen) atoms. The maximum absolute atomic E-state index is 3.50. The Balaban J connectivity index is 1.63. The summed E-state index contributed by atoms with van der Waals surface area (Å²) in [5.41, 5.74) is 0. The van der Waals surface area contributed by atoms with E-state index in [9.17, 15) is 0 Å². The molecule has 0 amide bonds. The van der Waals surface area contributed by atoms with Gasteiger partial charge in [-0.15, -0.1) is 0 Å². The van der Waals surface area contributed by atoms with E-state index in [0.717, 1.165) is 5.92 Å². The smallest absolute Gasteiger partial charge is 0.0167 e. The molecule has 2 aliphatic heterocycles. The molecule has 0 spiro atoms. The predicted molar refractivity (Wildman–Crippen MR) is 64.1 cm³/mol. The molecule has 0 aromatic heterocycles. The average molecular weight is 211 g/mol. The topological polar surface area (TPSA) is 27.3 Å². The highest BCUT2D eigenvalue weighted by Gasteiger charge is 2.18. The zero-order valence-electron chi connectivity index (χ0n) is 9.97. The summed E-state index contributed by atoms with van der Waals surface area (Å²) in [7, 11) is 0. The first kappa shape index (κ1) is 11.4. The van der Waals surface area contributed by atoms with Gasteiger partial charge < -0.3 is 15.5 Å². The quantitative estimate of drug-likeness (QED) is 0.718. The number of piperazine rings is 1. The lowest BCUT2D eigenvalue weighted by Gasteiger charge is -2.33. The Kier molecular flexibility index (Phi) is 4.42. The molecule has 2 unspecified atom stereocenters. The van der Waals surface area contributed by atoms with Gasteiger partial charge in [-0.3, -0.25) is 0 Å². The van der Waals surface area contributed by atoms with E-state index < -0.39 is 0 Å². The van der Waals surface area contributed by atoms with Crippen molar-refractivity contribution in [3.8, 4) is 0 Å². The minimum atomic E-state index is 0.684. The molecule has 2 atom stereocenters. The van der Waals surface area contributed by atoms with Crippen molar-refractivity contribution in [1.29, 1.82) is 0 Å². The van der Waals surface area contributed by atoms with Gasteiger partial charge in [0.05, 0.1) is 0 Å². The van der Waals surface area contributed by atoms with Gasteiger partial charge in [-0.2, -0.15) is 0 Å². The number of hydrogen-bond donors (Lipinski definition) is 2. The third kappa shape index (κ3) is 3.74. The minimum absolute atomic E-state index is 0.684. The molecule has 0 aliphatic carbocycles. The molecule has 2 saturated heterocycles. The number of rotatable bonds is 3. The van der Waals surface area contributed by atoms with Crippen LogP contribution >= 0.6 is 0 Å². The van der Waals surface area contributed by atoms with Crippen LogP contribution in [-0.2, 0) is 0 Å². The summed E-state index contributed by atoms with van der Waals surface area (Å²) >= 11 is 0. The van der Waals surface area contributed by atoms with E-state index in [4.69, 9.17) is 0 Å². The van der Waals surface area contributed by atoms with Gasteiger partial charge in [0.25, 0.3) is 0 Å². The Morgan fingerprint density at radius 1 is 1.33 bits per heavy atom. The van der Waals surface area contributed by atoms with E-state index in [1.807, 2.05) is 0 Å². The molecule has 2 fully saturated rings. The van der Waals surface area contributed by atoms with Gasteiger partial charge in [-0.25, -0.2) is 0 Å². The Morgan fingerprint density at radius 3 is 3.00 bits per heavy atom. The first-order valence-electron chi connectivity index (χ1n) is 6.51. The monoisotopic (exact) mass is 211 g/mol. The van der Waals surface area contributed by atoms with E-state index in [0.29, 0.717) is 6.04 Å². The molecule has 88 valence electrons. The Labute approximate surface area is 93.6 Å².